The molecule has 4 nitrogen and oxygen atoms in total. The van der Waals surface area contributed by atoms with Crippen molar-refractivity contribution in [3.8, 4) is 0 Å². The van der Waals surface area contributed by atoms with Crippen LogP contribution in [0.5, 0.6) is 0 Å². The first kappa shape index (κ1) is 14.8. The number of aryl methyl sites for hydroxylation is 2. The van der Waals surface area contributed by atoms with Crippen molar-refractivity contribution in [2.75, 3.05) is 24.7 Å². The van der Waals surface area contributed by atoms with E-state index in [0.29, 0.717) is 0 Å². The molecule has 4 heteroatoms. The third-order valence-corrected chi connectivity index (χ3v) is 4.50. The van der Waals surface area contributed by atoms with E-state index in [9.17, 15) is 0 Å². The van der Waals surface area contributed by atoms with Gasteiger partial charge >= 0.3 is 0 Å². The summed E-state index contributed by atoms with van der Waals surface area (Å²) in [4.78, 5) is 7.31. The maximum atomic E-state index is 5.66. The van der Waals surface area contributed by atoms with Gasteiger partial charge < -0.3 is 15.0 Å². The van der Waals surface area contributed by atoms with Crippen molar-refractivity contribution in [3.63, 3.8) is 0 Å². The van der Waals surface area contributed by atoms with Crippen molar-refractivity contribution in [1.82, 2.24) is 10.3 Å². The zero-order chi connectivity index (χ0) is 15.0. The van der Waals surface area contributed by atoms with Gasteiger partial charge in [0.2, 0.25) is 0 Å². The maximum Gasteiger partial charge on any atom is 0.134 e. The highest BCUT2D eigenvalue weighted by molar-refractivity contribution is 5.54. The van der Waals surface area contributed by atoms with E-state index in [2.05, 4.69) is 44.0 Å². The Labute approximate surface area is 127 Å². The summed E-state index contributed by atoms with van der Waals surface area (Å²) in [7, 11) is 0. The SMILES string of the molecule is Cc1cc(C)c(CNC2CC2)c(N2CCOCC2(C)C)n1. The van der Waals surface area contributed by atoms with Crippen LogP contribution >= 0.6 is 0 Å². The van der Waals surface area contributed by atoms with E-state index in [1.165, 1.54) is 24.0 Å². The molecule has 0 atom stereocenters. The number of hydrogen-bond acceptors (Lipinski definition) is 4. The average Bonchev–Trinajstić information content (AvgIpc) is 3.20. The summed E-state index contributed by atoms with van der Waals surface area (Å²) in [6, 6.07) is 2.91. The topological polar surface area (TPSA) is 37.4 Å². The van der Waals surface area contributed by atoms with Crippen LogP contribution in [0.25, 0.3) is 0 Å². The molecule has 0 radical (unpaired) electrons. The summed E-state index contributed by atoms with van der Waals surface area (Å²) in [5.74, 6) is 1.15. The normalized spacial score (nSPS) is 21.6. The van der Waals surface area contributed by atoms with Crippen molar-refractivity contribution >= 4 is 5.82 Å². The second-order valence-electron chi connectivity index (χ2n) is 7.05. The molecule has 0 unspecified atom stereocenters. The summed E-state index contributed by atoms with van der Waals surface area (Å²) in [5.41, 5.74) is 3.79. The molecular weight excluding hydrogens is 262 g/mol. The predicted molar refractivity (Wildman–Crippen MR) is 85.8 cm³/mol. The minimum Gasteiger partial charge on any atom is -0.377 e. The zero-order valence-electron chi connectivity index (χ0n) is 13.7. The predicted octanol–water partition coefficient (Wildman–Crippen LogP) is 2.57. The van der Waals surface area contributed by atoms with Crippen LogP contribution in [-0.2, 0) is 11.3 Å². The summed E-state index contributed by atoms with van der Waals surface area (Å²) in [6.45, 7) is 12.2. The quantitative estimate of drug-likeness (QED) is 0.924. The lowest BCUT2D eigenvalue weighted by molar-refractivity contribution is 0.0637. The smallest absolute Gasteiger partial charge is 0.134 e. The molecule has 0 spiro atoms. The van der Waals surface area contributed by atoms with Gasteiger partial charge in [0.25, 0.3) is 0 Å². The van der Waals surface area contributed by atoms with Gasteiger partial charge in [0.05, 0.1) is 18.8 Å². The van der Waals surface area contributed by atoms with Crippen molar-refractivity contribution in [3.05, 3.63) is 22.9 Å². The van der Waals surface area contributed by atoms with E-state index in [0.717, 1.165) is 43.9 Å². The van der Waals surface area contributed by atoms with Gasteiger partial charge in [-0.05, 0) is 52.2 Å². The highest BCUT2D eigenvalue weighted by atomic mass is 16.5. The van der Waals surface area contributed by atoms with E-state index in [4.69, 9.17) is 9.72 Å². The van der Waals surface area contributed by atoms with Gasteiger partial charge in [-0.3, -0.25) is 0 Å². The number of morpholine rings is 1. The third kappa shape index (κ3) is 3.22. The Kier molecular flexibility index (Phi) is 3.93. The second kappa shape index (κ2) is 5.58. The van der Waals surface area contributed by atoms with Gasteiger partial charge in [-0.2, -0.15) is 0 Å². The Morgan fingerprint density at radius 2 is 2.14 bits per heavy atom. The van der Waals surface area contributed by atoms with E-state index in [1.54, 1.807) is 0 Å². The highest BCUT2D eigenvalue weighted by Crippen LogP contribution is 2.31. The lowest BCUT2D eigenvalue weighted by Crippen LogP contribution is -2.54. The zero-order valence-corrected chi connectivity index (χ0v) is 13.7. The Morgan fingerprint density at radius 3 is 2.81 bits per heavy atom. The largest absolute Gasteiger partial charge is 0.377 e. The summed E-state index contributed by atoms with van der Waals surface area (Å²) in [5, 5.41) is 3.64. The molecule has 0 amide bonds. The molecule has 1 aromatic rings. The first-order valence-corrected chi connectivity index (χ1v) is 8.03. The minimum atomic E-state index is -0.000184. The molecule has 1 saturated heterocycles. The van der Waals surface area contributed by atoms with Crippen LogP contribution in [0.15, 0.2) is 6.07 Å². The molecule has 1 saturated carbocycles. The standard InChI is InChI=1S/C17H27N3O/c1-12-9-13(2)19-16(15(12)10-18-14-5-6-14)20-7-8-21-11-17(20,3)4/h9,14,18H,5-8,10-11H2,1-4H3. The van der Waals surface area contributed by atoms with E-state index in [-0.39, 0.29) is 5.54 Å². The number of aromatic nitrogens is 1. The third-order valence-electron chi connectivity index (χ3n) is 4.50. The average molecular weight is 289 g/mol. The molecular formula is C17H27N3O. The van der Waals surface area contributed by atoms with Crippen LogP contribution in [0.1, 0.15) is 43.5 Å². The lowest BCUT2D eigenvalue weighted by Gasteiger charge is -2.44. The molecule has 1 N–H and O–H groups in total. The fraction of sp³-hybridized carbons (Fsp3) is 0.706. The fourth-order valence-corrected chi connectivity index (χ4v) is 3.07. The lowest BCUT2D eigenvalue weighted by atomic mass is 10.00. The summed E-state index contributed by atoms with van der Waals surface area (Å²) >= 11 is 0. The molecule has 2 aliphatic rings. The van der Waals surface area contributed by atoms with Crippen molar-refractivity contribution < 1.29 is 4.74 Å². The van der Waals surface area contributed by atoms with Crippen LogP contribution in [0.2, 0.25) is 0 Å². The van der Waals surface area contributed by atoms with Crippen LogP contribution in [-0.4, -0.2) is 36.3 Å². The van der Waals surface area contributed by atoms with Crippen LogP contribution in [0.3, 0.4) is 0 Å². The number of anilines is 1. The molecule has 0 bridgehead atoms. The molecule has 21 heavy (non-hydrogen) atoms. The Morgan fingerprint density at radius 1 is 1.38 bits per heavy atom. The van der Waals surface area contributed by atoms with Crippen molar-refractivity contribution in [1.29, 1.82) is 0 Å². The van der Waals surface area contributed by atoms with E-state index in [1.807, 2.05) is 0 Å². The maximum absolute atomic E-state index is 5.66. The number of hydrogen-bond donors (Lipinski definition) is 1. The van der Waals surface area contributed by atoms with Gasteiger partial charge in [-0.15, -0.1) is 0 Å². The van der Waals surface area contributed by atoms with E-state index < -0.39 is 0 Å². The van der Waals surface area contributed by atoms with Crippen LogP contribution in [0, 0.1) is 13.8 Å². The van der Waals surface area contributed by atoms with Gasteiger partial charge in [-0.1, -0.05) is 0 Å². The Hall–Kier alpha value is -1.13. The monoisotopic (exact) mass is 289 g/mol. The summed E-state index contributed by atoms with van der Waals surface area (Å²) in [6.07, 6.45) is 2.63. The Bertz CT molecular complexity index is 523. The van der Waals surface area contributed by atoms with Gasteiger partial charge in [0.1, 0.15) is 5.82 Å². The van der Waals surface area contributed by atoms with Gasteiger partial charge in [0.15, 0.2) is 0 Å². The molecule has 3 rings (SSSR count). The molecule has 0 aromatic carbocycles. The van der Waals surface area contributed by atoms with Crippen LogP contribution < -0.4 is 10.2 Å². The molecule has 1 aromatic heterocycles. The molecule has 2 fully saturated rings. The Balaban J connectivity index is 1.94. The van der Waals surface area contributed by atoms with Crippen molar-refractivity contribution in [2.45, 2.75) is 58.7 Å². The summed E-state index contributed by atoms with van der Waals surface area (Å²) < 4.78 is 5.66. The fourth-order valence-electron chi connectivity index (χ4n) is 3.07. The highest BCUT2D eigenvalue weighted by Gasteiger charge is 2.33. The number of rotatable bonds is 4. The van der Waals surface area contributed by atoms with Gasteiger partial charge in [0, 0.05) is 30.4 Å². The molecule has 1 aliphatic carbocycles. The number of nitrogens with one attached hydrogen (secondary N) is 1. The molecule has 116 valence electrons. The first-order valence-electron chi connectivity index (χ1n) is 8.03. The number of ether oxygens (including phenoxy) is 1. The van der Waals surface area contributed by atoms with Crippen molar-refractivity contribution in [2.24, 2.45) is 0 Å². The van der Waals surface area contributed by atoms with Crippen LogP contribution in [0.4, 0.5) is 5.82 Å². The van der Waals surface area contributed by atoms with Gasteiger partial charge in [-0.25, -0.2) is 4.98 Å². The first-order chi connectivity index (χ1) is 9.97. The molecule has 2 heterocycles. The second-order valence-corrected chi connectivity index (χ2v) is 7.05. The minimum absolute atomic E-state index is 0.000184. The number of nitrogens with zero attached hydrogens (tertiary/aromatic N) is 2. The number of pyridine rings is 1. The van der Waals surface area contributed by atoms with E-state index >= 15 is 0 Å². The molecule has 1 aliphatic heterocycles.